The van der Waals surface area contributed by atoms with Crippen molar-refractivity contribution in [3.63, 3.8) is 0 Å². The maximum Gasteiger partial charge on any atom is 0.0994 e. The van der Waals surface area contributed by atoms with Crippen LogP contribution in [-0.2, 0) is 13.0 Å². The van der Waals surface area contributed by atoms with E-state index in [1.165, 1.54) is 22.5 Å². The zero-order valence-corrected chi connectivity index (χ0v) is 11.7. The summed E-state index contributed by atoms with van der Waals surface area (Å²) in [7, 11) is 0. The third-order valence-electron chi connectivity index (χ3n) is 4.17. The number of hydrogen-bond acceptors (Lipinski definition) is 2. The van der Waals surface area contributed by atoms with E-state index >= 15 is 0 Å². The van der Waals surface area contributed by atoms with Crippen LogP contribution in [0.25, 0.3) is 5.69 Å². The molecule has 3 nitrogen and oxygen atoms in total. The zero-order valence-electron chi connectivity index (χ0n) is 11.7. The van der Waals surface area contributed by atoms with E-state index in [1.807, 2.05) is 12.5 Å². The van der Waals surface area contributed by atoms with Crippen molar-refractivity contribution in [3.05, 3.63) is 47.5 Å². The molecule has 1 aromatic heterocycles. The largest absolute Gasteiger partial charge is 0.312 e. The maximum atomic E-state index is 4.36. The molecule has 0 fully saturated rings. The molecule has 3 rings (SSSR count). The van der Waals surface area contributed by atoms with Crippen molar-refractivity contribution in [1.82, 2.24) is 14.9 Å². The lowest BCUT2D eigenvalue weighted by Crippen LogP contribution is -2.25. The molecule has 0 aliphatic carbocycles. The van der Waals surface area contributed by atoms with Crippen molar-refractivity contribution in [1.29, 1.82) is 0 Å². The van der Waals surface area contributed by atoms with Crippen molar-refractivity contribution in [3.8, 4) is 5.69 Å². The fourth-order valence-corrected chi connectivity index (χ4v) is 2.80. The molecule has 1 atom stereocenters. The Bertz CT molecular complexity index is 571. The van der Waals surface area contributed by atoms with Crippen LogP contribution in [0.1, 0.15) is 43.0 Å². The molecule has 0 radical (unpaired) electrons. The van der Waals surface area contributed by atoms with Gasteiger partial charge in [0.15, 0.2) is 0 Å². The van der Waals surface area contributed by atoms with Crippen molar-refractivity contribution in [2.24, 2.45) is 0 Å². The van der Waals surface area contributed by atoms with Crippen LogP contribution < -0.4 is 5.32 Å². The van der Waals surface area contributed by atoms with E-state index in [-0.39, 0.29) is 0 Å². The lowest BCUT2D eigenvalue weighted by molar-refractivity contribution is 0.635. The minimum Gasteiger partial charge on any atom is -0.312 e. The number of imidazole rings is 1. The molecule has 19 heavy (non-hydrogen) atoms. The molecule has 2 heterocycles. The quantitative estimate of drug-likeness (QED) is 0.913. The van der Waals surface area contributed by atoms with E-state index in [0.717, 1.165) is 25.9 Å². The first-order valence-corrected chi connectivity index (χ1v) is 7.15. The molecule has 2 aromatic rings. The molecule has 0 saturated heterocycles. The summed E-state index contributed by atoms with van der Waals surface area (Å²) in [4.78, 5) is 4.36. The van der Waals surface area contributed by atoms with Gasteiger partial charge in [0.25, 0.3) is 0 Å². The van der Waals surface area contributed by atoms with Crippen molar-refractivity contribution < 1.29 is 0 Å². The number of rotatable bonds is 3. The van der Waals surface area contributed by atoms with Crippen molar-refractivity contribution in [2.75, 3.05) is 6.54 Å². The fraction of sp³-hybridized carbons (Fsp3) is 0.438. The fourth-order valence-electron chi connectivity index (χ4n) is 2.80. The number of hydrogen-bond donors (Lipinski definition) is 1. The summed E-state index contributed by atoms with van der Waals surface area (Å²) in [6.45, 7) is 6.54. The first kappa shape index (κ1) is 12.4. The van der Waals surface area contributed by atoms with Crippen LogP contribution in [0.3, 0.4) is 0 Å². The summed E-state index contributed by atoms with van der Waals surface area (Å²) in [5.41, 5.74) is 5.50. The molecule has 100 valence electrons. The Hall–Kier alpha value is -1.61. The molecule has 0 spiro atoms. The van der Waals surface area contributed by atoms with Gasteiger partial charge in [0.05, 0.1) is 12.0 Å². The van der Waals surface area contributed by atoms with Gasteiger partial charge < -0.3 is 9.88 Å². The average Bonchev–Trinajstić information content (AvgIpc) is 2.95. The molecule has 1 N–H and O–H groups in total. The molecule has 1 aromatic carbocycles. The minimum absolute atomic E-state index is 0.537. The lowest BCUT2D eigenvalue weighted by atomic mass is 9.98. The van der Waals surface area contributed by atoms with E-state index in [4.69, 9.17) is 0 Å². The predicted molar refractivity (Wildman–Crippen MR) is 77.7 cm³/mol. The highest BCUT2D eigenvalue weighted by molar-refractivity contribution is 5.48. The first-order chi connectivity index (χ1) is 9.31. The van der Waals surface area contributed by atoms with Gasteiger partial charge in [-0.15, -0.1) is 0 Å². The van der Waals surface area contributed by atoms with E-state index in [0.29, 0.717) is 5.92 Å². The van der Waals surface area contributed by atoms with Crippen LogP contribution >= 0.6 is 0 Å². The van der Waals surface area contributed by atoms with Crippen molar-refractivity contribution >= 4 is 0 Å². The Morgan fingerprint density at radius 2 is 2.32 bits per heavy atom. The van der Waals surface area contributed by atoms with Gasteiger partial charge in [-0.1, -0.05) is 26.0 Å². The SMILES string of the molecule is CCC(C)c1cncn1-c1cccc2c1CNCC2. The van der Waals surface area contributed by atoms with Gasteiger partial charge in [-0.05, 0) is 42.5 Å². The summed E-state index contributed by atoms with van der Waals surface area (Å²) in [6, 6.07) is 6.62. The Balaban J connectivity index is 2.10. The normalized spacial score (nSPS) is 16.1. The smallest absolute Gasteiger partial charge is 0.0994 e. The number of fused-ring (bicyclic) bond motifs is 1. The number of benzene rings is 1. The molecular weight excluding hydrogens is 234 g/mol. The van der Waals surface area contributed by atoms with Crippen LogP contribution in [0.15, 0.2) is 30.7 Å². The average molecular weight is 255 g/mol. The number of nitrogens with one attached hydrogen (secondary N) is 1. The maximum absolute atomic E-state index is 4.36. The summed E-state index contributed by atoms with van der Waals surface area (Å²) < 4.78 is 2.26. The second-order valence-corrected chi connectivity index (χ2v) is 5.34. The molecule has 0 bridgehead atoms. The van der Waals surface area contributed by atoms with Crippen LogP contribution in [0.5, 0.6) is 0 Å². The monoisotopic (exact) mass is 255 g/mol. The van der Waals surface area contributed by atoms with Gasteiger partial charge in [-0.25, -0.2) is 4.98 Å². The Labute approximate surface area is 114 Å². The van der Waals surface area contributed by atoms with Crippen LogP contribution in [0.4, 0.5) is 0 Å². The van der Waals surface area contributed by atoms with E-state index < -0.39 is 0 Å². The standard InChI is InChI=1S/C16H21N3/c1-3-12(2)16-10-18-11-19(16)15-6-4-5-13-7-8-17-9-14(13)15/h4-6,10-12,17H,3,7-9H2,1-2H3. The molecule has 3 heteroatoms. The highest BCUT2D eigenvalue weighted by Gasteiger charge is 2.17. The second-order valence-electron chi connectivity index (χ2n) is 5.34. The molecule has 1 aliphatic heterocycles. The minimum atomic E-state index is 0.537. The third kappa shape index (κ3) is 2.19. The van der Waals surface area contributed by atoms with Crippen LogP contribution in [0, 0.1) is 0 Å². The lowest BCUT2D eigenvalue weighted by Gasteiger charge is -2.22. The van der Waals surface area contributed by atoms with Crippen LogP contribution in [0.2, 0.25) is 0 Å². The number of aromatic nitrogens is 2. The highest BCUT2D eigenvalue weighted by Crippen LogP contribution is 2.26. The van der Waals surface area contributed by atoms with Crippen LogP contribution in [-0.4, -0.2) is 16.1 Å². The predicted octanol–water partition coefficient (Wildman–Crippen LogP) is 3.03. The van der Waals surface area contributed by atoms with Gasteiger partial charge >= 0.3 is 0 Å². The topological polar surface area (TPSA) is 29.9 Å². The summed E-state index contributed by atoms with van der Waals surface area (Å²) in [6.07, 6.45) is 6.21. The van der Waals surface area contributed by atoms with Gasteiger partial charge in [0, 0.05) is 18.4 Å². The Kier molecular flexibility index (Phi) is 3.38. The summed E-state index contributed by atoms with van der Waals surface area (Å²) in [5.74, 6) is 0.537. The molecular formula is C16H21N3. The van der Waals surface area contributed by atoms with E-state index in [2.05, 4.69) is 46.9 Å². The summed E-state index contributed by atoms with van der Waals surface area (Å²) >= 11 is 0. The van der Waals surface area contributed by atoms with Gasteiger partial charge in [-0.3, -0.25) is 0 Å². The molecule has 1 unspecified atom stereocenters. The van der Waals surface area contributed by atoms with Gasteiger partial charge in [0.1, 0.15) is 0 Å². The first-order valence-electron chi connectivity index (χ1n) is 7.15. The van der Waals surface area contributed by atoms with Gasteiger partial charge in [-0.2, -0.15) is 0 Å². The van der Waals surface area contributed by atoms with Gasteiger partial charge in [0.2, 0.25) is 0 Å². The molecule has 0 amide bonds. The van der Waals surface area contributed by atoms with Crippen molar-refractivity contribution in [2.45, 2.75) is 39.2 Å². The highest BCUT2D eigenvalue weighted by atomic mass is 15.1. The Morgan fingerprint density at radius 1 is 1.42 bits per heavy atom. The zero-order chi connectivity index (χ0) is 13.2. The second kappa shape index (κ2) is 5.17. The Morgan fingerprint density at radius 3 is 3.16 bits per heavy atom. The van der Waals surface area contributed by atoms with E-state index in [1.54, 1.807) is 0 Å². The molecule has 1 aliphatic rings. The molecule has 0 saturated carbocycles. The third-order valence-corrected chi connectivity index (χ3v) is 4.17. The number of nitrogens with zero attached hydrogens (tertiary/aromatic N) is 2. The van der Waals surface area contributed by atoms with E-state index in [9.17, 15) is 0 Å². The summed E-state index contributed by atoms with van der Waals surface area (Å²) in [5, 5.41) is 3.47.